The Morgan fingerprint density at radius 3 is 2.08 bits per heavy atom. The third-order valence-corrected chi connectivity index (χ3v) is 4.86. The summed E-state index contributed by atoms with van der Waals surface area (Å²) < 4.78 is 70.8. The van der Waals surface area contributed by atoms with Crippen molar-refractivity contribution in [3.63, 3.8) is 0 Å². The van der Waals surface area contributed by atoms with E-state index in [0.29, 0.717) is 29.1 Å². The maximum Gasteiger partial charge on any atom is 0.490 e. The van der Waals surface area contributed by atoms with Crippen LogP contribution in [0.3, 0.4) is 0 Å². The second kappa shape index (κ2) is 13.4. The van der Waals surface area contributed by atoms with Crippen LogP contribution in [-0.2, 0) is 9.59 Å². The van der Waals surface area contributed by atoms with E-state index in [1.165, 1.54) is 0 Å². The quantitative estimate of drug-likeness (QED) is 0.390. The van der Waals surface area contributed by atoms with E-state index < -0.39 is 24.3 Å². The third-order valence-electron chi connectivity index (χ3n) is 4.86. The molecule has 12 nitrogen and oxygen atoms in total. The van der Waals surface area contributed by atoms with Gasteiger partial charge in [0.05, 0.1) is 48.2 Å². The van der Waals surface area contributed by atoms with Gasteiger partial charge in [0.25, 0.3) is 0 Å². The van der Waals surface area contributed by atoms with Crippen molar-refractivity contribution in [2.75, 3.05) is 37.7 Å². The summed E-state index contributed by atoms with van der Waals surface area (Å²) in [7, 11) is 0. The molecule has 216 valence electrons. The number of alkyl halides is 6. The van der Waals surface area contributed by atoms with Gasteiger partial charge in [0.2, 0.25) is 0 Å². The van der Waals surface area contributed by atoms with Crippen LogP contribution < -0.4 is 15.0 Å². The number of ether oxygens (including phenoxy) is 1. The average molecular weight is 577 g/mol. The fourth-order valence-electron chi connectivity index (χ4n) is 3.14. The summed E-state index contributed by atoms with van der Waals surface area (Å²) in [5, 5.41) is 31.2. The lowest BCUT2D eigenvalue weighted by Gasteiger charge is -2.28. The summed E-state index contributed by atoms with van der Waals surface area (Å²) in [4.78, 5) is 29.2. The van der Waals surface area contributed by atoms with E-state index in [-0.39, 0.29) is 0 Å². The van der Waals surface area contributed by atoms with Crippen LogP contribution in [0.4, 0.5) is 32.2 Å². The van der Waals surface area contributed by atoms with Gasteiger partial charge in [-0.05, 0) is 13.0 Å². The molecular weight excluding hydrogens is 556 g/mol. The molecule has 0 radical (unpaired) electrons. The molecule has 0 saturated carbocycles. The van der Waals surface area contributed by atoms with Gasteiger partial charge in [-0.3, -0.25) is 4.98 Å². The van der Waals surface area contributed by atoms with Crippen LogP contribution >= 0.6 is 0 Å². The molecule has 0 amide bonds. The Hall–Kier alpha value is -4.66. The number of nitriles is 1. The average Bonchev–Trinajstić information content (AvgIpc) is 3.32. The number of nitrogens with one attached hydrogen (secondary N) is 1. The van der Waals surface area contributed by atoms with Gasteiger partial charge in [0, 0.05) is 31.7 Å². The van der Waals surface area contributed by atoms with Crippen LogP contribution in [0.2, 0.25) is 0 Å². The molecular formula is C22H21F6N7O5. The zero-order valence-corrected chi connectivity index (χ0v) is 20.5. The lowest BCUT2D eigenvalue weighted by Crippen LogP contribution is -2.43. The molecule has 1 aliphatic heterocycles. The standard InChI is InChI=1S/C18H19N7O.2C2HF3O2/c1-2-26-14-7-15(18-13(8-19)9-23-25(18)12-14)16-10-22-17(11-21-16)24-5-3-20-4-6-24;2*3-2(4,5)1(6)7/h7,9-12,20H,2-6H2,1H3;2*(H,6,7). The number of carbonyl (C=O) groups is 2. The number of aliphatic carboxylic acids is 2. The van der Waals surface area contributed by atoms with Gasteiger partial charge in [-0.15, -0.1) is 0 Å². The first-order chi connectivity index (χ1) is 18.7. The number of piperazine rings is 1. The predicted molar refractivity (Wildman–Crippen MR) is 125 cm³/mol. The molecule has 0 bridgehead atoms. The highest BCUT2D eigenvalue weighted by Crippen LogP contribution is 2.30. The van der Waals surface area contributed by atoms with Crippen LogP contribution in [0.5, 0.6) is 5.75 Å². The van der Waals surface area contributed by atoms with Gasteiger partial charge in [-0.25, -0.2) is 19.1 Å². The third kappa shape index (κ3) is 8.69. The minimum absolute atomic E-state index is 0.496. The molecule has 0 unspecified atom stereocenters. The van der Waals surface area contributed by atoms with Crippen molar-refractivity contribution >= 4 is 23.3 Å². The molecule has 3 aromatic rings. The van der Waals surface area contributed by atoms with Crippen LogP contribution in [-0.4, -0.2) is 86.9 Å². The number of rotatable bonds is 4. The summed E-state index contributed by atoms with van der Waals surface area (Å²) in [6, 6.07) is 4.07. The number of anilines is 1. The zero-order chi connectivity index (χ0) is 30.1. The maximum atomic E-state index is 10.6. The second-order valence-corrected chi connectivity index (χ2v) is 7.59. The normalized spacial score (nSPS) is 13.3. The van der Waals surface area contributed by atoms with Crippen molar-refractivity contribution in [3.05, 3.63) is 36.4 Å². The van der Waals surface area contributed by atoms with E-state index in [0.717, 1.165) is 37.6 Å². The molecule has 0 aromatic carbocycles. The second-order valence-electron chi connectivity index (χ2n) is 7.59. The van der Waals surface area contributed by atoms with Gasteiger partial charge in [-0.1, -0.05) is 0 Å². The van der Waals surface area contributed by atoms with E-state index in [1.807, 2.05) is 13.0 Å². The van der Waals surface area contributed by atoms with Gasteiger partial charge < -0.3 is 25.2 Å². The molecule has 1 aliphatic rings. The molecule has 40 heavy (non-hydrogen) atoms. The summed E-state index contributed by atoms with van der Waals surface area (Å²) in [6.07, 6.45) is -3.31. The lowest BCUT2D eigenvalue weighted by atomic mass is 10.1. The molecule has 1 fully saturated rings. The minimum Gasteiger partial charge on any atom is -0.492 e. The molecule has 1 saturated heterocycles. The SMILES string of the molecule is CCOc1cc(-c2cnc(N3CCNCC3)cn2)c2c(C#N)cnn2c1.O=C(O)C(F)(F)F.O=C(O)C(F)(F)F. The Labute approximate surface area is 221 Å². The topological polar surface area (TPSA) is 166 Å². The van der Waals surface area contributed by atoms with Crippen molar-refractivity contribution < 1.29 is 50.9 Å². The minimum atomic E-state index is -5.08. The van der Waals surface area contributed by atoms with Gasteiger partial charge in [0.1, 0.15) is 17.6 Å². The van der Waals surface area contributed by atoms with Crippen molar-refractivity contribution in [2.45, 2.75) is 19.3 Å². The Balaban J connectivity index is 0.000000333. The molecule has 3 aromatic heterocycles. The first-order valence-electron chi connectivity index (χ1n) is 11.1. The summed E-state index contributed by atoms with van der Waals surface area (Å²) in [5.74, 6) is -3.98. The molecule has 0 spiro atoms. The number of aromatic nitrogens is 4. The molecule has 18 heteroatoms. The van der Waals surface area contributed by atoms with E-state index in [9.17, 15) is 31.6 Å². The first-order valence-corrected chi connectivity index (χ1v) is 11.1. The van der Waals surface area contributed by atoms with Crippen molar-refractivity contribution in [1.29, 1.82) is 5.26 Å². The molecule has 3 N–H and O–H groups in total. The number of hydrogen-bond donors (Lipinski definition) is 3. The van der Waals surface area contributed by atoms with Crippen LogP contribution in [0.15, 0.2) is 30.9 Å². The Morgan fingerprint density at radius 2 is 1.62 bits per heavy atom. The summed E-state index contributed by atoms with van der Waals surface area (Å²) in [5.41, 5.74) is 2.67. The number of pyridine rings is 1. The van der Waals surface area contributed by atoms with Crippen molar-refractivity contribution in [3.8, 4) is 23.1 Å². The predicted octanol–water partition coefficient (Wildman–Crippen LogP) is 2.74. The molecule has 4 rings (SSSR count). The maximum absolute atomic E-state index is 10.6. The smallest absolute Gasteiger partial charge is 0.490 e. The highest BCUT2D eigenvalue weighted by Gasteiger charge is 2.38. The summed E-state index contributed by atoms with van der Waals surface area (Å²) >= 11 is 0. The Kier molecular flexibility index (Phi) is 10.6. The van der Waals surface area contributed by atoms with Gasteiger partial charge in [0.15, 0.2) is 0 Å². The highest BCUT2D eigenvalue weighted by molar-refractivity contribution is 5.83. The Bertz CT molecular complexity index is 1320. The number of carboxylic acid groups (broad SMARTS) is 2. The molecule has 0 aliphatic carbocycles. The number of fused-ring (bicyclic) bond motifs is 1. The zero-order valence-electron chi connectivity index (χ0n) is 20.5. The van der Waals surface area contributed by atoms with E-state index in [4.69, 9.17) is 24.5 Å². The number of nitrogens with zero attached hydrogens (tertiary/aromatic N) is 6. The fraction of sp³-hybridized carbons (Fsp3) is 0.364. The largest absolute Gasteiger partial charge is 0.492 e. The van der Waals surface area contributed by atoms with E-state index in [2.05, 4.69) is 31.4 Å². The summed E-state index contributed by atoms with van der Waals surface area (Å²) in [6.45, 7) is 6.20. The van der Waals surface area contributed by atoms with Gasteiger partial charge in [-0.2, -0.15) is 36.7 Å². The van der Waals surface area contributed by atoms with Gasteiger partial charge >= 0.3 is 24.3 Å². The monoisotopic (exact) mass is 577 g/mol. The highest BCUT2D eigenvalue weighted by atomic mass is 19.4. The molecule has 0 atom stereocenters. The lowest BCUT2D eigenvalue weighted by molar-refractivity contribution is -0.193. The number of carboxylic acids is 2. The fourth-order valence-corrected chi connectivity index (χ4v) is 3.14. The first kappa shape index (κ1) is 31.6. The van der Waals surface area contributed by atoms with E-state index >= 15 is 0 Å². The van der Waals surface area contributed by atoms with Crippen molar-refractivity contribution in [1.82, 2.24) is 24.9 Å². The van der Waals surface area contributed by atoms with Crippen LogP contribution in [0.25, 0.3) is 16.8 Å². The van der Waals surface area contributed by atoms with Crippen LogP contribution in [0, 0.1) is 11.3 Å². The molecule has 4 heterocycles. The van der Waals surface area contributed by atoms with Crippen LogP contribution in [0.1, 0.15) is 12.5 Å². The number of halogens is 6. The van der Waals surface area contributed by atoms with E-state index in [1.54, 1.807) is 29.3 Å². The Morgan fingerprint density at radius 1 is 1.05 bits per heavy atom. The number of hydrogen-bond acceptors (Lipinski definition) is 9. The van der Waals surface area contributed by atoms with Crippen molar-refractivity contribution in [2.24, 2.45) is 0 Å².